The molecule has 1 saturated heterocycles. The second-order valence-corrected chi connectivity index (χ2v) is 6.54. The van der Waals surface area contributed by atoms with Crippen molar-refractivity contribution in [2.45, 2.75) is 32.4 Å². The molecule has 1 unspecified atom stereocenters. The van der Waals surface area contributed by atoms with Gasteiger partial charge in [0, 0.05) is 29.5 Å². The fourth-order valence-corrected chi connectivity index (χ4v) is 3.55. The van der Waals surface area contributed by atoms with E-state index in [0.717, 1.165) is 54.7 Å². The molecule has 0 amide bonds. The molecule has 4 heteroatoms. The van der Waals surface area contributed by atoms with Crippen LogP contribution in [0.2, 0.25) is 0 Å². The van der Waals surface area contributed by atoms with Gasteiger partial charge in [-0.25, -0.2) is 4.39 Å². The molecule has 1 aromatic rings. The summed E-state index contributed by atoms with van der Waals surface area (Å²) in [5.41, 5.74) is 2.05. The molecule has 1 atom stereocenters. The van der Waals surface area contributed by atoms with Crippen molar-refractivity contribution in [1.82, 2.24) is 4.90 Å². The molecule has 1 aromatic carbocycles. The largest absolute Gasteiger partial charge is 0.381 e. The second-order valence-electron chi connectivity index (χ2n) is 5.62. The highest BCUT2D eigenvalue weighted by Crippen LogP contribution is 2.30. The lowest BCUT2D eigenvalue weighted by Crippen LogP contribution is -2.46. The van der Waals surface area contributed by atoms with Gasteiger partial charge in [-0.15, -0.1) is 0 Å². The van der Waals surface area contributed by atoms with Gasteiger partial charge >= 0.3 is 0 Å². The smallest absolute Gasteiger partial charge is 0.127 e. The summed E-state index contributed by atoms with van der Waals surface area (Å²) >= 11 is 3.39. The van der Waals surface area contributed by atoms with Gasteiger partial charge in [-0.05, 0) is 36.1 Å². The monoisotopic (exact) mass is 327 g/mol. The van der Waals surface area contributed by atoms with Crippen LogP contribution in [-0.4, -0.2) is 30.7 Å². The Morgan fingerprint density at radius 2 is 2.21 bits per heavy atom. The summed E-state index contributed by atoms with van der Waals surface area (Å²) in [4.78, 5) is 2.50. The lowest BCUT2D eigenvalue weighted by molar-refractivity contribution is -0.0544. The maximum atomic E-state index is 14.0. The van der Waals surface area contributed by atoms with E-state index in [2.05, 4.69) is 33.8 Å². The quantitative estimate of drug-likeness (QED) is 0.844. The Bertz CT molecular complexity index is 475. The van der Waals surface area contributed by atoms with Crippen LogP contribution < -0.4 is 0 Å². The van der Waals surface area contributed by atoms with E-state index < -0.39 is 0 Å². The minimum atomic E-state index is -0.0607. The Morgan fingerprint density at radius 3 is 2.84 bits per heavy atom. The molecular weight excluding hydrogens is 309 g/mol. The fourth-order valence-electron chi connectivity index (χ4n) is 3.08. The average Bonchev–Trinajstić information content (AvgIpc) is 2.32. The third-order valence-corrected chi connectivity index (χ3v) is 4.71. The molecule has 2 nitrogen and oxygen atoms in total. The van der Waals surface area contributed by atoms with Crippen molar-refractivity contribution in [1.29, 1.82) is 0 Å². The van der Waals surface area contributed by atoms with Crippen LogP contribution in [0.1, 0.15) is 24.5 Å². The van der Waals surface area contributed by atoms with Crippen molar-refractivity contribution in [2.75, 3.05) is 19.8 Å². The first-order chi connectivity index (χ1) is 9.17. The number of fused-ring (bicyclic) bond motifs is 1. The SMILES string of the molecule is CCC1Cc2c(F)cc(Br)cc2CN1CC1COC1. The maximum absolute atomic E-state index is 14.0. The first-order valence-electron chi connectivity index (χ1n) is 6.96. The van der Waals surface area contributed by atoms with Crippen molar-refractivity contribution in [3.8, 4) is 0 Å². The lowest BCUT2D eigenvalue weighted by Gasteiger charge is -2.40. The molecule has 0 radical (unpaired) electrons. The van der Waals surface area contributed by atoms with Crippen molar-refractivity contribution >= 4 is 15.9 Å². The van der Waals surface area contributed by atoms with E-state index in [9.17, 15) is 4.39 Å². The Hall–Kier alpha value is -0.450. The third-order valence-electron chi connectivity index (χ3n) is 4.25. The minimum Gasteiger partial charge on any atom is -0.381 e. The summed E-state index contributed by atoms with van der Waals surface area (Å²) in [5, 5.41) is 0. The van der Waals surface area contributed by atoms with Crippen LogP contribution in [0.3, 0.4) is 0 Å². The summed E-state index contributed by atoms with van der Waals surface area (Å²) in [5.74, 6) is 0.599. The average molecular weight is 328 g/mol. The number of benzene rings is 1. The molecule has 0 spiro atoms. The number of ether oxygens (including phenoxy) is 1. The van der Waals surface area contributed by atoms with Gasteiger partial charge in [0.05, 0.1) is 13.2 Å². The predicted molar refractivity (Wildman–Crippen MR) is 76.6 cm³/mol. The zero-order valence-corrected chi connectivity index (χ0v) is 12.7. The van der Waals surface area contributed by atoms with Gasteiger partial charge < -0.3 is 4.74 Å². The number of hydrogen-bond donors (Lipinski definition) is 0. The van der Waals surface area contributed by atoms with E-state index in [0.29, 0.717) is 12.0 Å². The van der Waals surface area contributed by atoms with Crippen LogP contribution in [-0.2, 0) is 17.7 Å². The number of hydrogen-bond acceptors (Lipinski definition) is 2. The topological polar surface area (TPSA) is 12.5 Å². The molecule has 0 bridgehead atoms. The highest BCUT2D eigenvalue weighted by molar-refractivity contribution is 9.10. The van der Waals surface area contributed by atoms with E-state index in [-0.39, 0.29) is 5.82 Å². The summed E-state index contributed by atoms with van der Waals surface area (Å²) < 4.78 is 20.1. The molecule has 0 aromatic heterocycles. The Balaban J connectivity index is 1.83. The molecule has 1 fully saturated rings. The number of nitrogens with zero attached hydrogens (tertiary/aromatic N) is 1. The summed E-state index contributed by atoms with van der Waals surface area (Å²) in [6, 6.07) is 4.11. The third kappa shape index (κ3) is 2.71. The van der Waals surface area contributed by atoms with Crippen molar-refractivity contribution < 1.29 is 9.13 Å². The normalized spacial score (nSPS) is 24.1. The second kappa shape index (κ2) is 5.51. The predicted octanol–water partition coefficient (Wildman–Crippen LogP) is 3.37. The van der Waals surface area contributed by atoms with Gasteiger partial charge in [0.25, 0.3) is 0 Å². The maximum Gasteiger partial charge on any atom is 0.127 e. The Morgan fingerprint density at radius 1 is 1.42 bits per heavy atom. The fraction of sp³-hybridized carbons (Fsp3) is 0.600. The number of halogens is 2. The van der Waals surface area contributed by atoms with Crippen LogP contribution in [0.25, 0.3) is 0 Å². The first-order valence-corrected chi connectivity index (χ1v) is 7.75. The van der Waals surface area contributed by atoms with Crippen LogP contribution >= 0.6 is 15.9 Å². The summed E-state index contributed by atoms with van der Waals surface area (Å²) in [6.45, 7) is 5.89. The molecule has 2 aliphatic heterocycles. The molecule has 3 rings (SSSR count). The highest BCUT2D eigenvalue weighted by atomic mass is 79.9. The molecule has 104 valence electrons. The van der Waals surface area contributed by atoms with Crippen LogP contribution in [0, 0.1) is 11.7 Å². The van der Waals surface area contributed by atoms with E-state index in [1.54, 1.807) is 6.07 Å². The van der Waals surface area contributed by atoms with Crippen molar-refractivity contribution in [3.05, 3.63) is 33.5 Å². The van der Waals surface area contributed by atoms with Gasteiger partial charge in [0.15, 0.2) is 0 Å². The molecular formula is C15H19BrFNO. The van der Waals surface area contributed by atoms with E-state index >= 15 is 0 Å². The summed E-state index contributed by atoms with van der Waals surface area (Å²) in [6.07, 6.45) is 1.90. The molecule has 0 N–H and O–H groups in total. The van der Waals surface area contributed by atoms with Gasteiger partial charge in [-0.1, -0.05) is 22.9 Å². The van der Waals surface area contributed by atoms with Crippen molar-refractivity contribution in [2.24, 2.45) is 5.92 Å². The molecule has 2 heterocycles. The van der Waals surface area contributed by atoms with Gasteiger partial charge in [0.2, 0.25) is 0 Å². The molecule has 19 heavy (non-hydrogen) atoms. The van der Waals surface area contributed by atoms with Gasteiger partial charge in [0.1, 0.15) is 5.82 Å². The van der Waals surface area contributed by atoms with E-state index in [1.165, 1.54) is 0 Å². The molecule has 0 saturated carbocycles. The molecule has 2 aliphatic rings. The minimum absolute atomic E-state index is 0.0607. The zero-order chi connectivity index (χ0) is 13.4. The number of rotatable bonds is 3. The van der Waals surface area contributed by atoms with Crippen LogP contribution in [0.15, 0.2) is 16.6 Å². The Labute approximate surface area is 122 Å². The lowest BCUT2D eigenvalue weighted by atomic mass is 9.91. The Kier molecular flexibility index (Phi) is 3.92. The van der Waals surface area contributed by atoms with Crippen molar-refractivity contribution in [3.63, 3.8) is 0 Å². The van der Waals surface area contributed by atoms with Crippen LogP contribution in [0.4, 0.5) is 4.39 Å². The van der Waals surface area contributed by atoms with E-state index in [4.69, 9.17) is 4.74 Å². The van der Waals surface area contributed by atoms with Gasteiger partial charge in [-0.3, -0.25) is 4.90 Å². The standard InChI is InChI=1S/C15H19BrFNO/c1-2-13-5-14-11(3-12(16)4-15(14)17)7-18(13)6-10-8-19-9-10/h3-4,10,13H,2,5-9H2,1H3. The first kappa shape index (κ1) is 13.5. The molecule has 0 aliphatic carbocycles. The van der Waals surface area contributed by atoms with E-state index in [1.807, 2.05) is 0 Å². The highest BCUT2D eigenvalue weighted by Gasteiger charge is 2.30. The van der Waals surface area contributed by atoms with Crippen LogP contribution in [0.5, 0.6) is 0 Å². The summed E-state index contributed by atoms with van der Waals surface area (Å²) in [7, 11) is 0. The zero-order valence-electron chi connectivity index (χ0n) is 11.2. The van der Waals surface area contributed by atoms with Gasteiger partial charge in [-0.2, -0.15) is 0 Å².